The Morgan fingerprint density at radius 1 is 0.903 bits per heavy atom. The van der Waals surface area contributed by atoms with Gasteiger partial charge >= 0.3 is 0 Å². The highest BCUT2D eigenvalue weighted by Crippen LogP contribution is 2.51. The Morgan fingerprint density at radius 3 is 2.26 bits per heavy atom. The topological polar surface area (TPSA) is 29.5 Å². The molecule has 3 aromatic rings. The van der Waals surface area contributed by atoms with Gasteiger partial charge in [0.05, 0.1) is 6.61 Å². The van der Waals surface area contributed by atoms with Gasteiger partial charge in [0.15, 0.2) is 0 Å². The van der Waals surface area contributed by atoms with Crippen molar-refractivity contribution >= 4 is 5.91 Å². The molecule has 0 bridgehead atoms. The number of carbonyl (C=O) groups is 1. The summed E-state index contributed by atoms with van der Waals surface area (Å²) in [5.74, 6) is 0.563. The molecule has 0 N–H and O–H groups in total. The summed E-state index contributed by atoms with van der Waals surface area (Å²) in [6, 6.07) is 31.2. The fourth-order valence-electron chi connectivity index (χ4n) is 5.64. The van der Waals surface area contributed by atoms with Gasteiger partial charge in [0.25, 0.3) is 5.91 Å². The maximum atomic E-state index is 13.7. The number of ether oxygens (including phenoxy) is 1. The molecule has 1 amide bonds. The van der Waals surface area contributed by atoms with Crippen molar-refractivity contribution in [2.75, 3.05) is 13.2 Å². The van der Waals surface area contributed by atoms with Crippen LogP contribution in [0.15, 0.2) is 91.0 Å². The van der Waals surface area contributed by atoms with Gasteiger partial charge in [-0.2, -0.15) is 0 Å². The van der Waals surface area contributed by atoms with E-state index in [0.717, 1.165) is 38.0 Å². The van der Waals surface area contributed by atoms with Crippen LogP contribution in [0, 0.1) is 5.92 Å². The summed E-state index contributed by atoms with van der Waals surface area (Å²) in [7, 11) is 0. The van der Waals surface area contributed by atoms with Crippen molar-refractivity contribution in [1.82, 2.24) is 4.90 Å². The molecule has 3 aromatic carbocycles. The Morgan fingerprint density at radius 2 is 1.55 bits per heavy atom. The molecule has 3 nitrogen and oxygen atoms in total. The van der Waals surface area contributed by atoms with Crippen molar-refractivity contribution < 1.29 is 9.53 Å². The average molecular weight is 412 g/mol. The smallest absolute Gasteiger partial charge is 0.254 e. The first-order valence-electron chi connectivity index (χ1n) is 11.3. The standard InChI is InChI=1S/C28H29NO2/c30-27(23-12-6-2-7-13-23)29(20-22-10-4-1-5-11-22)26-18-25-21-31-17-16-28(25,19-26)24-14-8-3-9-15-24/h1-15,25-26H,16-21H2/t25-,26-,28-/m1/s1. The number of nitrogens with zero attached hydrogens (tertiary/aromatic N) is 1. The van der Waals surface area contributed by atoms with Crippen LogP contribution in [0.4, 0.5) is 0 Å². The van der Waals surface area contributed by atoms with Gasteiger partial charge in [-0.3, -0.25) is 4.79 Å². The Hall–Kier alpha value is -2.91. The first-order valence-corrected chi connectivity index (χ1v) is 11.3. The van der Waals surface area contributed by atoms with E-state index in [2.05, 4.69) is 47.4 Å². The summed E-state index contributed by atoms with van der Waals surface area (Å²) < 4.78 is 5.92. The fourth-order valence-corrected chi connectivity index (χ4v) is 5.64. The summed E-state index contributed by atoms with van der Waals surface area (Å²) in [6.07, 6.45) is 3.01. The van der Waals surface area contributed by atoms with E-state index in [1.807, 2.05) is 48.5 Å². The molecule has 1 aliphatic carbocycles. The molecule has 2 aliphatic rings. The lowest BCUT2D eigenvalue weighted by atomic mass is 9.69. The molecule has 0 aromatic heterocycles. The summed E-state index contributed by atoms with van der Waals surface area (Å²) in [5.41, 5.74) is 3.43. The first kappa shape index (κ1) is 20.0. The molecule has 0 radical (unpaired) electrons. The number of fused-ring (bicyclic) bond motifs is 1. The van der Waals surface area contributed by atoms with E-state index in [1.165, 1.54) is 11.1 Å². The van der Waals surface area contributed by atoms with Crippen LogP contribution in [0.5, 0.6) is 0 Å². The predicted octanol–water partition coefficient (Wildman–Crippen LogP) is 5.47. The average Bonchev–Trinajstić information content (AvgIpc) is 3.24. The van der Waals surface area contributed by atoms with Crippen LogP contribution < -0.4 is 0 Å². The van der Waals surface area contributed by atoms with Gasteiger partial charge in [-0.05, 0) is 48.4 Å². The molecule has 2 fully saturated rings. The lowest BCUT2D eigenvalue weighted by Crippen LogP contribution is -2.41. The van der Waals surface area contributed by atoms with Crippen LogP contribution in [0.25, 0.3) is 0 Å². The molecule has 31 heavy (non-hydrogen) atoms. The van der Waals surface area contributed by atoms with Gasteiger partial charge < -0.3 is 9.64 Å². The van der Waals surface area contributed by atoms with E-state index >= 15 is 0 Å². The van der Waals surface area contributed by atoms with Gasteiger partial charge in [-0.25, -0.2) is 0 Å². The lowest BCUT2D eigenvalue weighted by molar-refractivity contribution is 0.0124. The SMILES string of the molecule is O=C(c1ccccc1)N(Cc1ccccc1)[C@@H]1C[C@@H]2COCC[C@]2(c2ccccc2)C1. The number of rotatable bonds is 5. The number of hydrogen-bond acceptors (Lipinski definition) is 2. The first-order chi connectivity index (χ1) is 15.3. The third-order valence-corrected chi connectivity index (χ3v) is 7.22. The zero-order valence-corrected chi connectivity index (χ0v) is 17.8. The molecule has 3 atom stereocenters. The zero-order chi connectivity index (χ0) is 21.1. The van der Waals surface area contributed by atoms with Crippen LogP contribution in [0.2, 0.25) is 0 Å². The quantitative estimate of drug-likeness (QED) is 0.557. The minimum absolute atomic E-state index is 0.0933. The molecule has 1 saturated carbocycles. The van der Waals surface area contributed by atoms with Gasteiger partial charge in [-0.1, -0.05) is 78.9 Å². The van der Waals surface area contributed by atoms with Crippen LogP contribution in [0.1, 0.15) is 40.7 Å². The molecule has 0 spiro atoms. The van der Waals surface area contributed by atoms with E-state index in [9.17, 15) is 4.79 Å². The van der Waals surface area contributed by atoms with E-state index in [4.69, 9.17) is 4.74 Å². The molecular formula is C28H29NO2. The van der Waals surface area contributed by atoms with Crippen molar-refractivity contribution in [3.63, 3.8) is 0 Å². The van der Waals surface area contributed by atoms with Crippen molar-refractivity contribution in [2.24, 2.45) is 5.92 Å². The van der Waals surface area contributed by atoms with Gasteiger partial charge in [0.2, 0.25) is 0 Å². The minimum atomic E-state index is 0.0933. The summed E-state index contributed by atoms with van der Waals surface area (Å²) in [5, 5.41) is 0. The monoisotopic (exact) mass is 411 g/mol. The largest absolute Gasteiger partial charge is 0.381 e. The lowest BCUT2D eigenvalue weighted by Gasteiger charge is -2.40. The van der Waals surface area contributed by atoms with E-state index in [-0.39, 0.29) is 17.4 Å². The van der Waals surface area contributed by atoms with Crippen LogP contribution >= 0.6 is 0 Å². The highest BCUT2D eigenvalue weighted by Gasteiger charge is 2.51. The van der Waals surface area contributed by atoms with E-state index in [0.29, 0.717) is 12.5 Å². The van der Waals surface area contributed by atoms with Crippen molar-refractivity contribution in [3.05, 3.63) is 108 Å². The molecule has 1 heterocycles. The Kier molecular flexibility index (Phi) is 5.61. The second-order valence-corrected chi connectivity index (χ2v) is 8.92. The van der Waals surface area contributed by atoms with Gasteiger partial charge in [-0.15, -0.1) is 0 Å². The second kappa shape index (κ2) is 8.68. The third kappa shape index (κ3) is 3.90. The molecular weight excluding hydrogens is 382 g/mol. The second-order valence-electron chi connectivity index (χ2n) is 8.92. The normalized spacial score (nSPS) is 25.0. The summed E-state index contributed by atoms with van der Waals surface area (Å²) in [6.45, 7) is 2.21. The number of amides is 1. The maximum Gasteiger partial charge on any atom is 0.254 e. The highest BCUT2D eigenvalue weighted by molar-refractivity contribution is 5.94. The molecule has 1 saturated heterocycles. The molecule has 158 valence electrons. The molecule has 5 rings (SSSR count). The third-order valence-electron chi connectivity index (χ3n) is 7.22. The van der Waals surface area contributed by atoms with E-state index in [1.54, 1.807) is 0 Å². The van der Waals surface area contributed by atoms with E-state index < -0.39 is 0 Å². The van der Waals surface area contributed by atoms with Crippen LogP contribution in [0.3, 0.4) is 0 Å². The number of carbonyl (C=O) groups excluding carboxylic acids is 1. The fraction of sp³-hybridized carbons (Fsp3) is 0.321. The number of hydrogen-bond donors (Lipinski definition) is 0. The van der Waals surface area contributed by atoms with Crippen molar-refractivity contribution in [2.45, 2.75) is 37.3 Å². The Labute approximate surface area is 184 Å². The maximum absolute atomic E-state index is 13.7. The summed E-state index contributed by atoms with van der Waals surface area (Å²) in [4.78, 5) is 15.8. The predicted molar refractivity (Wildman–Crippen MR) is 123 cm³/mol. The number of benzene rings is 3. The molecule has 3 heteroatoms. The Balaban J connectivity index is 1.50. The minimum Gasteiger partial charge on any atom is -0.381 e. The van der Waals surface area contributed by atoms with Crippen molar-refractivity contribution in [3.8, 4) is 0 Å². The zero-order valence-electron chi connectivity index (χ0n) is 17.8. The van der Waals surface area contributed by atoms with Crippen LogP contribution in [-0.4, -0.2) is 30.1 Å². The molecule has 0 unspecified atom stereocenters. The summed E-state index contributed by atoms with van der Waals surface area (Å²) >= 11 is 0. The molecule has 1 aliphatic heterocycles. The van der Waals surface area contributed by atoms with Crippen LogP contribution in [-0.2, 0) is 16.7 Å². The van der Waals surface area contributed by atoms with Crippen molar-refractivity contribution in [1.29, 1.82) is 0 Å². The van der Waals surface area contributed by atoms with Gasteiger partial charge in [0.1, 0.15) is 0 Å². The Bertz CT molecular complexity index is 1000. The van der Waals surface area contributed by atoms with Gasteiger partial charge in [0, 0.05) is 30.2 Å². The highest BCUT2D eigenvalue weighted by atomic mass is 16.5.